The van der Waals surface area contributed by atoms with Crippen LogP contribution in [0.25, 0.3) is 6.08 Å². The minimum atomic E-state index is -1.19. The number of aryl methyl sites for hydroxylation is 1. The Kier molecular flexibility index (Phi) is 8.75. The number of nitrogens with zero attached hydrogens (tertiary/aromatic N) is 1. The number of aliphatic hydroxyl groups is 2. The standard InChI is InChI=1S/C27H41NO5S/c1-15-8-7-9-19-11-20(19)12-22(16(2)10-21-14-34-18(4)28-21)33-24(30)13-23(29)27(5,6)26(32)17(3)25(15)31/h10,14-15,17,19-20,22-23,25,29,31H,7-9,11-13H2,1-6H3/b16-10+/t15-,17+,19-,20-,22-,23?,25-/m0/s1. The number of Topliss-reactive ketones (excluding diaryl/α,β-unsaturated/α-hetero) is 1. The minimum Gasteiger partial charge on any atom is -0.458 e. The third-order valence-electron chi connectivity index (χ3n) is 7.95. The predicted molar refractivity (Wildman–Crippen MR) is 134 cm³/mol. The Morgan fingerprint density at radius 3 is 2.53 bits per heavy atom. The first-order chi connectivity index (χ1) is 15.9. The molecule has 190 valence electrons. The molecule has 2 heterocycles. The normalized spacial score (nSPS) is 36.0. The molecule has 0 aromatic carbocycles. The van der Waals surface area contributed by atoms with Gasteiger partial charge in [0.05, 0.1) is 34.7 Å². The Hall–Kier alpha value is -1.57. The zero-order valence-electron chi connectivity index (χ0n) is 21.4. The molecule has 2 fully saturated rings. The Morgan fingerprint density at radius 1 is 1.18 bits per heavy atom. The van der Waals surface area contributed by atoms with Crippen LogP contribution >= 0.6 is 11.3 Å². The number of aliphatic hydroxyl groups excluding tert-OH is 2. The van der Waals surface area contributed by atoms with Crippen LogP contribution in [0.5, 0.6) is 0 Å². The number of ether oxygens (including phenoxy) is 1. The summed E-state index contributed by atoms with van der Waals surface area (Å²) in [7, 11) is 0. The van der Waals surface area contributed by atoms with E-state index >= 15 is 0 Å². The molecule has 0 spiro atoms. The number of ketones is 1. The number of thiazole rings is 1. The molecule has 0 bridgehead atoms. The molecule has 2 aliphatic rings. The van der Waals surface area contributed by atoms with Gasteiger partial charge in [-0.25, -0.2) is 4.98 Å². The number of fused-ring (bicyclic) bond motifs is 1. The van der Waals surface area contributed by atoms with E-state index in [-0.39, 0.29) is 24.2 Å². The molecule has 7 atom stereocenters. The van der Waals surface area contributed by atoms with Crippen LogP contribution in [-0.4, -0.2) is 45.3 Å². The van der Waals surface area contributed by atoms with Crippen molar-refractivity contribution in [3.05, 3.63) is 21.7 Å². The lowest BCUT2D eigenvalue weighted by Gasteiger charge is -2.34. The van der Waals surface area contributed by atoms with Gasteiger partial charge in [0.15, 0.2) is 0 Å². The number of carbonyl (C=O) groups excluding carboxylic acids is 2. The van der Waals surface area contributed by atoms with Crippen molar-refractivity contribution in [2.45, 2.75) is 98.4 Å². The summed E-state index contributed by atoms with van der Waals surface area (Å²) < 4.78 is 5.90. The monoisotopic (exact) mass is 491 g/mol. The van der Waals surface area contributed by atoms with Crippen LogP contribution in [-0.2, 0) is 14.3 Å². The summed E-state index contributed by atoms with van der Waals surface area (Å²) in [6, 6.07) is 0. The van der Waals surface area contributed by atoms with E-state index in [0.717, 1.165) is 48.4 Å². The second kappa shape index (κ2) is 11.0. The SMILES string of the molecule is C/C(=C\c1csc(C)n1)[C@@H]1C[C@@H]2C[C@@H]2CCC[C@H](C)[C@H](O)[C@@H](C)C(=O)C(C)(C)C(O)CC(=O)O1. The minimum absolute atomic E-state index is 0.00135. The van der Waals surface area contributed by atoms with Crippen molar-refractivity contribution in [2.24, 2.45) is 29.1 Å². The molecule has 0 amide bonds. The summed E-state index contributed by atoms with van der Waals surface area (Å²) in [5.74, 6) is -0.234. The van der Waals surface area contributed by atoms with Gasteiger partial charge >= 0.3 is 5.97 Å². The van der Waals surface area contributed by atoms with Crippen molar-refractivity contribution in [2.75, 3.05) is 0 Å². The first-order valence-corrected chi connectivity index (χ1v) is 13.5. The van der Waals surface area contributed by atoms with Crippen LogP contribution in [0.1, 0.15) is 83.8 Å². The summed E-state index contributed by atoms with van der Waals surface area (Å²) >= 11 is 1.58. The molecule has 1 aliphatic heterocycles. The molecular formula is C27H41NO5S. The number of carbonyl (C=O) groups is 2. The van der Waals surface area contributed by atoms with E-state index in [1.165, 1.54) is 0 Å². The zero-order valence-corrected chi connectivity index (χ0v) is 22.2. The lowest BCUT2D eigenvalue weighted by atomic mass is 9.73. The van der Waals surface area contributed by atoms with Crippen LogP contribution in [0.3, 0.4) is 0 Å². The summed E-state index contributed by atoms with van der Waals surface area (Å²) in [6.07, 6.45) is 4.23. The van der Waals surface area contributed by atoms with Crippen molar-refractivity contribution in [3.63, 3.8) is 0 Å². The lowest BCUT2D eigenvalue weighted by Crippen LogP contribution is -2.45. The highest BCUT2D eigenvalue weighted by molar-refractivity contribution is 7.09. The smallest absolute Gasteiger partial charge is 0.309 e. The quantitative estimate of drug-likeness (QED) is 0.568. The van der Waals surface area contributed by atoms with Crippen molar-refractivity contribution < 1.29 is 24.5 Å². The highest BCUT2D eigenvalue weighted by Gasteiger charge is 2.43. The van der Waals surface area contributed by atoms with E-state index in [1.807, 2.05) is 32.2 Å². The van der Waals surface area contributed by atoms with Crippen LogP contribution in [0.4, 0.5) is 0 Å². The maximum Gasteiger partial charge on any atom is 0.309 e. The largest absolute Gasteiger partial charge is 0.458 e. The van der Waals surface area contributed by atoms with Gasteiger partial charge in [-0.2, -0.15) is 0 Å². The predicted octanol–water partition coefficient (Wildman–Crippen LogP) is 4.96. The van der Waals surface area contributed by atoms with Gasteiger partial charge in [-0.05, 0) is 62.5 Å². The second-order valence-corrected chi connectivity index (χ2v) is 12.2. The van der Waals surface area contributed by atoms with Crippen molar-refractivity contribution in [3.8, 4) is 0 Å². The van der Waals surface area contributed by atoms with Crippen molar-refractivity contribution in [1.29, 1.82) is 0 Å². The van der Waals surface area contributed by atoms with Crippen LogP contribution in [0, 0.1) is 36.0 Å². The van der Waals surface area contributed by atoms with Crippen LogP contribution in [0.15, 0.2) is 11.0 Å². The molecular weight excluding hydrogens is 450 g/mol. The Bertz CT molecular complexity index is 907. The van der Waals surface area contributed by atoms with Crippen LogP contribution < -0.4 is 0 Å². The van der Waals surface area contributed by atoms with Crippen molar-refractivity contribution >= 4 is 29.2 Å². The fourth-order valence-corrected chi connectivity index (χ4v) is 5.79. The fourth-order valence-electron chi connectivity index (χ4n) is 5.22. The zero-order chi connectivity index (χ0) is 25.2. The van der Waals surface area contributed by atoms with Gasteiger partial charge in [0, 0.05) is 11.3 Å². The fraction of sp³-hybridized carbons (Fsp3) is 0.741. The average Bonchev–Trinajstić information content (AvgIpc) is 3.38. The van der Waals surface area contributed by atoms with Gasteiger partial charge in [0.25, 0.3) is 0 Å². The first-order valence-electron chi connectivity index (χ1n) is 12.6. The van der Waals surface area contributed by atoms with E-state index in [0.29, 0.717) is 11.8 Å². The lowest BCUT2D eigenvalue weighted by molar-refractivity contribution is -0.154. The molecule has 1 aliphatic carbocycles. The number of rotatable bonds is 2. The maximum absolute atomic E-state index is 13.2. The molecule has 1 saturated heterocycles. The number of hydrogen-bond acceptors (Lipinski definition) is 7. The summed E-state index contributed by atoms with van der Waals surface area (Å²) in [5.41, 5.74) is 0.639. The van der Waals surface area contributed by atoms with E-state index < -0.39 is 29.5 Å². The number of esters is 1. The summed E-state index contributed by atoms with van der Waals surface area (Å²) in [4.78, 5) is 30.6. The second-order valence-electron chi connectivity index (χ2n) is 11.1. The molecule has 1 aromatic rings. The van der Waals surface area contributed by atoms with Gasteiger partial charge in [0.2, 0.25) is 0 Å². The third-order valence-corrected chi connectivity index (χ3v) is 8.74. The van der Waals surface area contributed by atoms with Gasteiger partial charge in [-0.1, -0.05) is 40.5 Å². The van der Waals surface area contributed by atoms with Gasteiger partial charge in [0.1, 0.15) is 11.9 Å². The number of aromatic nitrogens is 1. The topological polar surface area (TPSA) is 96.7 Å². The summed E-state index contributed by atoms with van der Waals surface area (Å²) in [5, 5.41) is 24.6. The molecule has 1 unspecified atom stereocenters. The molecule has 2 N–H and O–H groups in total. The molecule has 3 rings (SSSR count). The maximum atomic E-state index is 13.2. The van der Waals surface area contributed by atoms with Crippen molar-refractivity contribution in [1.82, 2.24) is 4.98 Å². The van der Waals surface area contributed by atoms with E-state index in [9.17, 15) is 19.8 Å². The molecule has 34 heavy (non-hydrogen) atoms. The van der Waals surface area contributed by atoms with E-state index in [2.05, 4.69) is 4.98 Å². The molecule has 1 saturated carbocycles. The number of cyclic esters (lactones) is 1. The Morgan fingerprint density at radius 2 is 1.88 bits per heavy atom. The molecule has 7 heteroatoms. The third kappa shape index (κ3) is 6.55. The van der Waals surface area contributed by atoms with Gasteiger partial charge in [-0.3, -0.25) is 9.59 Å². The van der Waals surface area contributed by atoms with E-state index in [4.69, 9.17) is 4.74 Å². The average molecular weight is 492 g/mol. The van der Waals surface area contributed by atoms with Gasteiger partial charge < -0.3 is 14.9 Å². The van der Waals surface area contributed by atoms with Crippen LogP contribution in [0.2, 0.25) is 0 Å². The highest BCUT2D eigenvalue weighted by atomic mass is 32.1. The number of hydrogen-bond donors (Lipinski definition) is 2. The van der Waals surface area contributed by atoms with E-state index in [1.54, 1.807) is 32.1 Å². The molecule has 1 aromatic heterocycles. The first kappa shape index (κ1) is 27.0. The summed E-state index contributed by atoms with van der Waals surface area (Å²) in [6.45, 7) is 10.9. The van der Waals surface area contributed by atoms with Gasteiger partial charge in [-0.15, -0.1) is 11.3 Å². The Labute approximate surface area is 207 Å². The Balaban J connectivity index is 1.81. The molecule has 6 nitrogen and oxygen atoms in total. The molecule has 0 radical (unpaired) electrons. The highest BCUT2D eigenvalue weighted by Crippen LogP contribution is 2.47.